The predicted molar refractivity (Wildman–Crippen MR) is 63.6 cm³/mol. The number of nitrogens with zero attached hydrogens (tertiary/aromatic N) is 1. The van der Waals surface area contributed by atoms with Crippen molar-refractivity contribution >= 4 is 11.8 Å². The quantitative estimate of drug-likeness (QED) is 0.790. The number of benzene rings is 1. The molecule has 1 aromatic carbocycles. The Labute approximate surface area is 99.7 Å². The fourth-order valence-electron chi connectivity index (χ4n) is 2.12. The number of halogens is 1. The number of nitriles is 1. The van der Waals surface area contributed by atoms with E-state index in [1.54, 1.807) is 6.07 Å². The first-order chi connectivity index (χ1) is 7.67. The molecule has 1 fully saturated rings. The number of rotatable bonds is 3. The van der Waals surface area contributed by atoms with Gasteiger partial charge in [0.2, 0.25) is 0 Å². The largest absolute Gasteiger partial charge is 0.207 e. The Bertz CT molecular complexity index is 418. The van der Waals surface area contributed by atoms with E-state index in [1.165, 1.54) is 23.9 Å². The van der Waals surface area contributed by atoms with Crippen molar-refractivity contribution in [3.63, 3.8) is 0 Å². The van der Waals surface area contributed by atoms with E-state index in [-0.39, 0.29) is 10.6 Å². The lowest BCUT2D eigenvalue weighted by atomic mass is 9.73. The van der Waals surface area contributed by atoms with E-state index in [0.29, 0.717) is 5.92 Å². The molecule has 0 saturated heterocycles. The highest BCUT2D eigenvalue weighted by Gasteiger charge is 2.44. The average Bonchev–Trinajstić information content (AvgIpc) is 2.23. The zero-order chi connectivity index (χ0) is 11.6. The molecular formula is C13H14FNS. The second-order valence-electron chi connectivity index (χ2n) is 4.35. The number of hydrogen-bond acceptors (Lipinski definition) is 2. The fraction of sp³-hybridized carbons (Fsp3) is 0.462. The van der Waals surface area contributed by atoms with Gasteiger partial charge in [0.25, 0.3) is 0 Å². The molecule has 1 nitrogen and oxygen atoms in total. The minimum Gasteiger partial charge on any atom is -0.207 e. The summed E-state index contributed by atoms with van der Waals surface area (Å²) in [6.45, 7) is 2.15. The summed E-state index contributed by atoms with van der Waals surface area (Å²) in [5, 5.41) is 9.22. The first-order valence-electron chi connectivity index (χ1n) is 5.53. The van der Waals surface area contributed by atoms with Gasteiger partial charge in [-0.3, -0.25) is 0 Å². The van der Waals surface area contributed by atoms with E-state index in [2.05, 4.69) is 13.0 Å². The fourth-order valence-corrected chi connectivity index (χ4v) is 3.57. The molecule has 16 heavy (non-hydrogen) atoms. The van der Waals surface area contributed by atoms with Crippen molar-refractivity contribution in [2.45, 2.75) is 35.8 Å². The van der Waals surface area contributed by atoms with E-state index in [9.17, 15) is 9.65 Å². The molecule has 1 aromatic rings. The number of thioether (sulfide) groups is 1. The molecule has 1 aliphatic rings. The van der Waals surface area contributed by atoms with Crippen LogP contribution in [-0.4, -0.2) is 4.75 Å². The molecule has 0 radical (unpaired) electrons. The molecule has 2 rings (SSSR count). The summed E-state index contributed by atoms with van der Waals surface area (Å²) < 4.78 is 12.7. The molecule has 0 bridgehead atoms. The van der Waals surface area contributed by atoms with Gasteiger partial charge < -0.3 is 0 Å². The molecular weight excluding hydrogens is 221 g/mol. The third-order valence-corrected chi connectivity index (χ3v) is 4.43. The maximum atomic E-state index is 13.0. The molecule has 1 saturated carbocycles. The minimum atomic E-state index is -0.311. The van der Waals surface area contributed by atoms with Gasteiger partial charge in [-0.05, 0) is 37.0 Å². The van der Waals surface area contributed by atoms with Crippen LogP contribution in [0.25, 0.3) is 0 Å². The van der Waals surface area contributed by atoms with Gasteiger partial charge >= 0.3 is 0 Å². The molecule has 0 unspecified atom stereocenters. The first-order valence-corrected chi connectivity index (χ1v) is 6.35. The Hall–Kier alpha value is -1.01. The second kappa shape index (κ2) is 4.47. The average molecular weight is 235 g/mol. The van der Waals surface area contributed by atoms with Crippen LogP contribution in [0.15, 0.2) is 29.2 Å². The van der Waals surface area contributed by atoms with Gasteiger partial charge in [0.05, 0.1) is 6.07 Å². The Kier molecular flexibility index (Phi) is 3.20. The maximum Gasteiger partial charge on any atom is 0.124 e. The van der Waals surface area contributed by atoms with Gasteiger partial charge in [0, 0.05) is 4.90 Å². The van der Waals surface area contributed by atoms with Crippen LogP contribution in [0.2, 0.25) is 0 Å². The van der Waals surface area contributed by atoms with Crippen LogP contribution in [-0.2, 0) is 0 Å². The van der Waals surface area contributed by atoms with Crippen LogP contribution in [0.4, 0.5) is 4.39 Å². The molecule has 1 aliphatic carbocycles. The minimum absolute atomic E-state index is 0.232. The molecule has 0 amide bonds. The zero-order valence-corrected chi connectivity index (χ0v) is 10.1. The summed E-state index contributed by atoms with van der Waals surface area (Å²) in [4.78, 5) is 0.858. The molecule has 0 aromatic heterocycles. The smallest absolute Gasteiger partial charge is 0.124 e. The Balaban J connectivity index is 2.07. The van der Waals surface area contributed by atoms with E-state index in [0.717, 1.165) is 24.2 Å². The SMILES string of the molecule is CCC1CC(C#N)(Sc2cccc(F)c2)C1. The van der Waals surface area contributed by atoms with Crippen molar-refractivity contribution in [2.24, 2.45) is 5.92 Å². The Morgan fingerprint density at radius 3 is 2.88 bits per heavy atom. The van der Waals surface area contributed by atoms with Gasteiger partial charge in [-0.15, -0.1) is 11.8 Å². The van der Waals surface area contributed by atoms with E-state index in [4.69, 9.17) is 0 Å². The van der Waals surface area contributed by atoms with Crippen LogP contribution >= 0.6 is 11.8 Å². The lowest BCUT2D eigenvalue weighted by molar-refractivity contribution is 0.269. The van der Waals surface area contributed by atoms with Gasteiger partial charge in [0.1, 0.15) is 10.6 Å². The van der Waals surface area contributed by atoms with Gasteiger partial charge in [-0.25, -0.2) is 4.39 Å². The van der Waals surface area contributed by atoms with Crippen molar-refractivity contribution in [3.8, 4) is 6.07 Å². The van der Waals surface area contributed by atoms with Gasteiger partial charge in [-0.1, -0.05) is 19.4 Å². The lowest BCUT2D eigenvalue weighted by Gasteiger charge is -2.41. The third-order valence-electron chi connectivity index (χ3n) is 3.13. The summed E-state index contributed by atoms with van der Waals surface area (Å²) in [6.07, 6.45) is 3.00. The topological polar surface area (TPSA) is 23.8 Å². The van der Waals surface area contributed by atoms with Crippen molar-refractivity contribution in [1.82, 2.24) is 0 Å². The van der Waals surface area contributed by atoms with Crippen molar-refractivity contribution in [2.75, 3.05) is 0 Å². The van der Waals surface area contributed by atoms with Crippen molar-refractivity contribution < 1.29 is 4.39 Å². The van der Waals surface area contributed by atoms with E-state index in [1.807, 2.05) is 6.07 Å². The summed E-state index contributed by atoms with van der Waals surface area (Å²) in [5.74, 6) is 0.435. The van der Waals surface area contributed by atoms with Crippen LogP contribution in [0.3, 0.4) is 0 Å². The zero-order valence-electron chi connectivity index (χ0n) is 9.24. The van der Waals surface area contributed by atoms with Crippen LogP contribution in [0, 0.1) is 23.1 Å². The maximum absolute atomic E-state index is 13.0. The van der Waals surface area contributed by atoms with Crippen LogP contribution < -0.4 is 0 Å². The highest BCUT2D eigenvalue weighted by Crippen LogP contribution is 2.51. The highest BCUT2D eigenvalue weighted by molar-refractivity contribution is 8.01. The van der Waals surface area contributed by atoms with Crippen LogP contribution in [0.1, 0.15) is 26.2 Å². The second-order valence-corrected chi connectivity index (χ2v) is 5.81. The molecule has 0 atom stereocenters. The van der Waals surface area contributed by atoms with Crippen molar-refractivity contribution in [1.29, 1.82) is 5.26 Å². The molecule has 0 spiro atoms. The van der Waals surface area contributed by atoms with Gasteiger partial charge in [-0.2, -0.15) is 5.26 Å². The molecule has 0 N–H and O–H groups in total. The lowest BCUT2D eigenvalue weighted by Crippen LogP contribution is -2.39. The van der Waals surface area contributed by atoms with E-state index >= 15 is 0 Å². The molecule has 0 heterocycles. The number of hydrogen-bond donors (Lipinski definition) is 0. The summed E-state index contributed by atoms with van der Waals surface area (Å²) in [7, 11) is 0. The van der Waals surface area contributed by atoms with Gasteiger partial charge in [0.15, 0.2) is 0 Å². The summed E-state index contributed by atoms with van der Waals surface area (Å²) >= 11 is 1.51. The Morgan fingerprint density at radius 1 is 1.56 bits per heavy atom. The standard InChI is InChI=1S/C13H14FNS/c1-2-10-7-13(8-10,9-15)16-12-5-3-4-11(14)6-12/h3-6,10H,2,7-8H2,1H3. The monoisotopic (exact) mass is 235 g/mol. The Morgan fingerprint density at radius 2 is 2.31 bits per heavy atom. The summed E-state index contributed by atoms with van der Waals surface area (Å²) in [6, 6.07) is 8.88. The molecule has 84 valence electrons. The first kappa shape index (κ1) is 11.5. The van der Waals surface area contributed by atoms with Crippen LogP contribution in [0.5, 0.6) is 0 Å². The summed E-state index contributed by atoms with van der Waals surface area (Å²) in [5.41, 5.74) is 0. The van der Waals surface area contributed by atoms with Crippen molar-refractivity contribution in [3.05, 3.63) is 30.1 Å². The van der Waals surface area contributed by atoms with E-state index < -0.39 is 0 Å². The third kappa shape index (κ3) is 2.22. The predicted octanol–water partition coefficient (Wildman–Crippen LogP) is 4.00. The molecule has 3 heteroatoms. The molecule has 0 aliphatic heterocycles. The normalized spacial score (nSPS) is 28.2. The highest BCUT2D eigenvalue weighted by atomic mass is 32.2.